The molecule has 108 valence electrons. The van der Waals surface area contributed by atoms with Crippen molar-refractivity contribution in [2.45, 2.75) is 6.42 Å². The molecule has 11 heteroatoms. The van der Waals surface area contributed by atoms with Gasteiger partial charge in [0.05, 0.1) is 5.75 Å². The lowest BCUT2D eigenvalue weighted by molar-refractivity contribution is 0.595. The van der Waals surface area contributed by atoms with Crippen molar-refractivity contribution in [1.82, 2.24) is 24.5 Å². The van der Waals surface area contributed by atoms with Crippen molar-refractivity contribution in [3.63, 3.8) is 0 Å². The minimum atomic E-state index is -3.46. The molecular weight excluding hydrogens is 284 g/mol. The molecule has 2 aromatic heterocycles. The fraction of sp³-hybridized carbons (Fsp3) is 0.333. The molecule has 0 radical (unpaired) electrons. The number of nitrogen functional groups attached to an aromatic ring is 1. The standard InChI is InChI=1S/C9H14N8O2S/c10-7-14-8(13-2-1-5-20(11,18)19)16-9(15-7)17-4-3-12-6-17/h3-4,6H,1-2,5H2,(H2,11,18,19)(H3,10,13,14,15,16). The third-order valence-corrected chi connectivity index (χ3v) is 3.12. The quantitative estimate of drug-likeness (QED) is 0.557. The average Bonchev–Trinajstić information content (AvgIpc) is 2.86. The number of imidazole rings is 1. The molecule has 0 bridgehead atoms. The number of nitrogens with zero attached hydrogens (tertiary/aromatic N) is 5. The first kappa shape index (κ1) is 14.1. The van der Waals surface area contributed by atoms with Crippen molar-refractivity contribution >= 4 is 21.9 Å². The number of primary sulfonamides is 1. The van der Waals surface area contributed by atoms with Crippen molar-refractivity contribution in [3.05, 3.63) is 18.7 Å². The third kappa shape index (κ3) is 4.13. The Bertz CT molecular complexity index is 669. The SMILES string of the molecule is Nc1nc(NCCCS(N)(=O)=O)nc(-n2ccnc2)n1. The first-order valence-corrected chi connectivity index (χ1v) is 7.40. The summed E-state index contributed by atoms with van der Waals surface area (Å²) >= 11 is 0. The van der Waals surface area contributed by atoms with Crippen LogP contribution in [0.4, 0.5) is 11.9 Å². The van der Waals surface area contributed by atoms with Crippen LogP contribution in [0.5, 0.6) is 0 Å². The first-order valence-electron chi connectivity index (χ1n) is 5.68. The zero-order valence-corrected chi connectivity index (χ0v) is 11.3. The second-order valence-corrected chi connectivity index (χ2v) is 5.67. The molecule has 5 N–H and O–H groups in total. The Kier molecular flexibility index (Phi) is 4.10. The lowest BCUT2D eigenvalue weighted by atomic mass is 10.5. The number of aromatic nitrogens is 5. The van der Waals surface area contributed by atoms with Crippen LogP contribution in [0.1, 0.15) is 6.42 Å². The molecule has 0 aliphatic heterocycles. The highest BCUT2D eigenvalue weighted by Gasteiger charge is 2.06. The van der Waals surface area contributed by atoms with Crippen LogP contribution in [0.25, 0.3) is 5.95 Å². The number of nitrogens with two attached hydrogens (primary N) is 2. The maximum absolute atomic E-state index is 10.8. The molecule has 0 atom stereocenters. The van der Waals surface area contributed by atoms with Crippen LogP contribution in [0.3, 0.4) is 0 Å². The minimum absolute atomic E-state index is 0.0534. The van der Waals surface area contributed by atoms with Crippen molar-refractivity contribution in [1.29, 1.82) is 0 Å². The monoisotopic (exact) mass is 298 g/mol. The first-order chi connectivity index (χ1) is 9.44. The van der Waals surface area contributed by atoms with E-state index in [2.05, 4.69) is 25.3 Å². The van der Waals surface area contributed by atoms with E-state index in [9.17, 15) is 8.42 Å². The van der Waals surface area contributed by atoms with Gasteiger partial charge in [-0.15, -0.1) is 0 Å². The highest BCUT2D eigenvalue weighted by Crippen LogP contribution is 2.06. The maximum Gasteiger partial charge on any atom is 0.241 e. The van der Waals surface area contributed by atoms with Crippen LogP contribution < -0.4 is 16.2 Å². The van der Waals surface area contributed by atoms with Gasteiger partial charge in [-0.3, -0.25) is 4.57 Å². The van der Waals surface area contributed by atoms with Gasteiger partial charge in [-0.1, -0.05) is 0 Å². The number of hydrogen-bond donors (Lipinski definition) is 3. The van der Waals surface area contributed by atoms with E-state index in [-0.39, 0.29) is 17.6 Å². The Morgan fingerprint density at radius 1 is 1.30 bits per heavy atom. The van der Waals surface area contributed by atoms with E-state index in [0.717, 1.165) is 0 Å². The molecule has 0 aliphatic carbocycles. The predicted octanol–water partition coefficient (Wildman–Crippen LogP) is -1.27. The van der Waals surface area contributed by atoms with Crippen LogP contribution in [-0.2, 0) is 10.0 Å². The molecule has 0 fully saturated rings. The van der Waals surface area contributed by atoms with Gasteiger partial charge in [-0.05, 0) is 6.42 Å². The Morgan fingerprint density at radius 3 is 2.75 bits per heavy atom. The third-order valence-electron chi connectivity index (χ3n) is 2.26. The average molecular weight is 298 g/mol. The molecule has 0 aromatic carbocycles. The van der Waals surface area contributed by atoms with Crippen molar-refractivity contribution in [3.8, 4) is 5.95 Å². The van der Waals surface area contributed by atoms with Gasteiger partial charge >= 0.3 is 0 Å². The zero-order valence-electron chi connectivity index (χ0n) is 10.5. The lowest BCUT2D eigenvalue weighted by Crippen LogP contribution is -2.19. The van der Waals surface area contributed by atoms with Gasteiger partial charge in [-0.2, -0.15) is 15.0 Å². The van der Waals surface area contributed by atoms with Gasteiger partial charge in [0.1, 0.15) is 6.33 Å². The van der Waals surface area contributed by atoms with Gasteiger partial charge in [0.15, 0.2) is 0 Å². The lowest BCUT2D eigenvalue weighted by Gasteiger charge is -2.07. The van der Waals surface area contributed by atoms with E-state index in [0.29, 0.717) is 18.9 Å². The van der Waals surface area contributed by atoms with E-state index in [1.807, 2.05) is 0 Å². The molecule has 2 aromatic rings. The Balaban J connectivity index is 2.02. The second-order valence-electron chi connectivity index (χ2n) is 3.93. The molecule has 2 rings (SSSR count). The summed E-state index contributed by atoms with van der Waals surface area (Å²) < 4.78 is 23.1. The molecule has 0 aliphatic rings. The summed E-state index contributed by atoms with van der Waals surface area (Å²) in [6, 6.07) is 0. The van der Waals surface area contributed by atoms with Gasteiger partial charge in [-0.25, -0.2) is 18.5 Å². The minimum Gasteiger partial charge on any atom is -0.368 e. The topological polar surface area (TPSA) is 155 Å². The highest BCUT2D eigenvalue weighted by molar-refractivity contribution is 7.89. The van der Waals surface area contributed by atoms with Crippen LogP contribution in [0, 0.1) is 0 Å². The van der Waals surface area contributed by atoms with E-state index in [1.54, 1.807) is 17.0 Å². The summed E-state index contributed by atoms with van der Waals surface area (Å²) in [6.45, 7) is 0.350. The summed E-state index contributed by atoms with van der Waals surface area (Å²) in [6.07, 6.45) is 5.11. The highest BCUT2D eigenvalue weighted by atomic mass is 32.2. The largest absolute Gasteiger partial charge is 0.368 e. The summed E-state index contributed by atoms with van der Waals surface area (Å²) in [7, 11) is -3.46. The van der Waals surface area contributed by atoms with Crippen molar-refractivity contribution in [2.75, 3.05) is 23.3 Å². The molecule has 20 heavy (non-hydrogen) atoms. The number of hydrogen-bond acceptors (Lipinski definition) is 8. The van der Waals surface area contributed by atoms with Crippen molar-refractivity contribution in [2.24, 2.45) is 5.14 Å². The van der Waals surface area contributed by atoms with E-state index in [1.165, 1.54) is 6.33 Å². The fourth-order valence-electron chi connectivity index (χ4n) is 1.43. The summed E-state index contributed by atoms with van der Waals surface area (Å²) in [5.41, 5.74) is 5.59. The van der Waals surface area contributed by atoms with Gasteiger partial charge in [0, 0.05) is 18.9 Å². The molecule has 10 nitrogen and oxygen atoms in total. The van der Waals surface area contributed by atoms with Crippen LogP contribution >= 0.6 is 0 Å². The maximum atomic E-state index is 10.8. The van der Waals surface area contributed by atoms with E-state index < -0.39 is 10.0 Å². The van der Waals surface area contributed by atoms with Gasteiger partial charge in [0.2, 0.25) is 27.9 Å². The second kappa shape index (κ2) is 5.79. The molecule has 2 heterocycles. The molecule has 0 unspecified atom stereocenters. The van der Waals surface area contributed by atoms with Crippen LogP contribution in [-0.4, -0.2) is 45.2 Å². The molecule has 0 saturated carbocycles. The number of anilines is 2. The Labute approximate surface area is 115 Å². The fourth-order valence-corrected chi connectivity index (χ4v) is 1.97. The normalized spacial score (nSPS) is 11.4. The molecule has 0 amide bonds. The number of sulfonamides is 1. The summed E-state index contributed by atoms with van der Waals surface area (Å²) in [5.74, 6) is 0.520. The summed E-state index contributed by atoms with van der Waals surface area (Å²) in [5, 5.41) is 7.76. The van der Waals surface area contributed by atoms with Crippen molar-refractivity contribution < 1.29 is 8.42 Å². The molecule has 0 saturated heterocycles. The zero-order chi connectivity index (χ0) is 14.6. The molecular formula is C9H14N8O2S. The predicted molar refractivity (Wildman–Crippen MR) is 72.4 cm³/mol. The Hall–Kier alpha value is -2.27. The van der Waals surface area contributed by atoms with E-state index >= 15 is 0 Å². The van der Waals surface area contributed by atoms with E-state index in [4.69, 9.17) is 10.9 Å². The Morgan fingerprint density at radius 2 is 2.10 bits per heavy atom. The van der Waals surface area contributed by atoms with Gasteiger partial charge < -0.3 is 11.1 Å². The van der Waals surface area contributed by atoms with Crippen LogP contribution in [0.15, 0.2) is 18.7 Å². The smallest absolute Gasteiger partial charge is 0.241 e. The number of nitrogens with one attached hydrogen (secondary N) is 1. The van der Waals surface area contributed by atoms with Crippen LogP contribution in [0.2, 0.25) is 0 Å². The van der Waals surface area contributed by atoms with Gasteiger partial charge in [0.25, 0.3) is 0 Å². The molecule has 0 spiro atoms. The number of rotatable bonds is 6. The summed E-state index contributed by atoms with van der Waals surface area (Å²) in [4.78, 5) is 15.9.